The SMILES string of the molecule is CCc1ccc2c(n1)C(=N)N(CC(=O)c1cc(C(=O)O)c(OCC(=O)O)c(C(C)(C)C)c1)C2. The number of amidine groups is 1. The first-order valence-electron chi connectivity index (χ1n) is 10.5. The number of pyridine rings is 1. The zero-order chi connectivity index (χ0) is 24.5. The van der Waals surface area contributed by atoms with Gasteiger partial charge in [-0.15, -0.1) is 0 Å². The lowest BCUT2D eigenvalue weighted by atomic mass is 9.83. The van der Waals surface area contributed by atoms with Crippen LogP contribution in [0.4, 0.5) is 0 Å². The number of ketones is 1. The molecular weight excluding hydrogens is 426 g/mol. The molecule has 0 amide bonds. The molecule has 33 heavy (non-hydrogen) atoms. The number of aromatic nitrogens is 1. The van der Waals surface area contributed by atoms with Crippen LogP contribution < -0.4 is 4.74 Å². The first-order chi connectivity index (χ1) is 15.4. The van der Waals surface area contributed by atoms with Crippen LogP contribution in [0.3, 0.4) is 0 Å². The van der Waals surface area contributed by atoms with Crippen molar-refractivity contribution in [1.82, 2.24) is 9.88 Å². The van der Waals surface area contributed by atoms with E-state index in [9.17, 15) is 19.5 Å². The molecule has 1 aromatic heterocycles. The first-order valence-corrected chi connectivity index (χ1v) is 10.5. The number of aromatic carboxylic acids is 1. The third kappa shape index (κ3) is 5.02. The van der Waals surface area contributed by atoms with Gasteiger partial charge in [0.1, 0.15) is 22.8 Å². The molecule has 1 aliphatic heterocycles. The number of hydrogen-bond acceptors (Lipinski definition) is 6. The summed E-state index contributed by atoms with van der Waals surface area (Å²) in [5.74, 6) is -2.83. The zero-order valence-corrected chi connectivity index (χ0v) is 19.1. The Bertz CT molecular complexity index is 1150. The van der Waals surface area contributed by atoms with E-state index < -0.39 is 24.0 Å². The summed E-state index contributed by atoms with van der Waals surface area (Å²) < 4.78 is 5.32. The molecule has 2 heterocycles. The first kappa shape index (κ1) is 23.9. The molecule has 3 rings (SSSR count). The van der Waals surface area contributed by atoms with Gasteiger partial charge in [0.15, 0.2) is 12.4 Å². The molecule has 174 valence electrons. The molecule has 0 saturated heterocycles. The second-order valence-electron chi connectivity index (χ2n) is 8.93. The number of nitrogens with zero attached hydrogens (tertiary/aromatic N) is 2. The minimum atomic E-state index is -1.33. The Hall–Kier alpha value is -3.75. The summed E-state index contributed by atoms with van der Waals surface area (Å²) in [6, 6.07) is 6.57. The van der Waals surface area contributed by atoms with Gasteiger partial charge in [-0.05, 0) is 30.0 Å². The maximum absolute atomic E-state index is 13.2. The third-order valence-electron chi connectivity index (χ3n) is 5.42. The summed E-state index contributed by atoms with van der Waals surface area (Å²) in [4.78, 5) is 42.2. The standard InChI is InChI=1S/C24H27N3O6/c1-5-15-7-6-13-10-27(22(25)20(13)26-15)11-18(28)14-8-16(23(31)32)21(33-12-19(29)30)17(9-14)24(2,3)4/h6-9,25H,5,10-12H2,1-4H3,(H,29,30)(H,31,32). The van der Waals surface area contributed by atoms with E-state index in [0.717, 1.165) is 17.7 Å². The molecule has 0 atom stereocenters. The number of fused-ring (bicyclic) bond motifs is 1. The molecule has 0 aliphatic carbocycles. The monoisotopic (exact) mass is 453 g/mol. The van der Waals surface area contributed by atoms with Crippen molar-refractivity contribution in [1.29, 1.82) is 5.41 Å². The third-order valence-corrected chi connectivity index (χ3v) is 5.42. The van der Waals surface area contributed by atoms with Crippen LogP contribution in [0.5, 0.6) is 5.75 Å². The van der Waals surface area contributed by atoms with Crippen molar-refractivity contribution in [2.24, 2.45) is 0 Å². The molecule has 0 unspecified atom stereocenters. The second kappa shape index (κ2) is 9.01. The van der Waals surface area contributed by atoms with E-state index >= 15 is 0 Å². The maximum atomic E-state index is 13.2. The van der Waals surface area contributed by atoms with Crippen LogP contribution in [0.1, 0.15) is 70.9 Å². The summed E-state index contributed by atoms with van der Waals surface area (Å²) >= 11 is 0. The van der Waals surface area contributed by atoms with Crippen LogP contribution in [-0.2, 0) is 23.2 Å². The highest BCUT2D eigenvalue weighted by Gasteiger charge is 2.30. The number of Topliss-reactive ketones (excluding diaryl/α,β-unsaturated/α-hetero) is 1. The number of carbonyl (C=O) groups is 3. The van der Waals surface area contributed by atoms with Crippen molar-refractivity contribution in [2.75, 3.05) is 13.2 Å². The number of carboxylic acid groups (broad SMARTS) is 2. The lowest BCUT2D eigenvalue weighted by Gasteiger charge is -2.25. The number of carboxylic acids is 2. The molecule has 2 aromatic rings. The Labute approximate surface area is 191 Å². The Kier molecular flexibility index (Phi) is 6.53. The number of aliphatic carboxylic acids is 1. The summed E-state index contributed by atoms with van der Waals surface area (Å²) in [5.41, 5.74) is 1.97. The minimum absolute atomic E-state index is 0.0634. The van der Waals surface area contributed by atoms with Crippen molar-refractivity contribution < 1.29 is 29.3 Å². The fourth-order valence-corrected chi connectivity index (χ4v) is 3.69. The topological polar surface area (TPSA) is 141 Å². The van der Waals surface area contributed by atoms with Gasteiger partial charge in [0.2, 0.25) is 0 Å². The number of aryl methyl sites for hydroxylation is 1. The quantitative estimate of drug-likeness (QED) is 0.518. The predicted octanol–water partition coefficient (Wildman–Crippen LogP) is 3.13. The average molecular weight is 453 g/mol. The molecule has 0 radical (unpaired) electrons. The Balaban J connectivity index is 1.95. The van der Waals surface area contributed by atoms with E-state index in [1.807, 2.05) is 39.8 Å². The van der Waals surface area contributed by atoms with Gasteiger partial charge in [-0.1, -0.05) is 33.8 Å². The minimum Gasteiger partial charge on any atom is -0.481 e. The summed E-state index contributed by atoms with van der Waals surface area (Å²) in [6.07, 6.45) is 0.739. The summed E-state index contributed by atoms with van der Waals surface area (Å²) in [7, 11) is 0. The van der Waals surface area contributed by atoms with Crippen LogP contribution in [0.2, 0.25) is 0 Å². The van der Waals surface area contributed by atoms with E-state index in [1.165, 1.54) is 6.07 Å². The predicted molar refractivity (Wildman–Crippen MR) is 120 cm³/mol. The zero-order valence-electron chi connectivity index (χ0n) is 19.1. The highest BCUT2D eigenvalue weighted by molar-refractivity contribution is 6.05. The van der Waals surface area contributed by atoms with Gasteiger partial charge >= 0.3 is 11.9 Å². The van der Waals surface area contributed by atoms with Crippen molar-refractivity contribution in [3.05, 3.63) is 57.9 Å². The van der Waals surface area contributed by atoms with Crippen molar-refractivity contribution in [3.8, 4) is 5.75 Å². The number of rotatable bonds is 8. The van der Waals surface area contributed by atoms with Crippen LogP contribution >= 0.6 is 0 Å². The molecule has 0 fully saturated rings. The Morgan fingerprint density at radius 2 is 1.88 bits per heavy atom. The molecule has 9 heteroatoms. The molecule has 0 spiro atoms. The normalized spacial score (nSPS) is 13.1. The van der Waals surface area contributed by atoms with Gasteiger partial charge in [0.05, 0.1) is 6.54 Å². The number of ether oxygens (including phenoxy) is 1. The van der Waals surface area contributed by atoms with E-state index in [4.69, 9.17) is 15.3 Å². The molecule has 0 saturated carbocycles. The van der Waals surface area contributed by atoms with Gasteiger partial charge in [-0.3, -0.25) is 10.2 Å². The van der Waals surface area contributed by atoms with Gasteiger partial charge in [-0.25, -0.2) is 14.6 Å². The molecule has 1 aliphatic rings. The number of hydrogen-bond donors (Lipinski definition) is 3. The van der Waals surface area contributed by atoms with Crippen molar-refractivity contribution in [3.63, 3.8) is 0 Å². The highest BCUT2D eigenvalue weighted by atomic mass is 16.5. The van der Waals surface area contributed by atoms with Crippen LogP contribution in [0.15, 0.2) is 24.3 Å². The van der Waals surface area contributed by atoms with Crippen LogP contribution in [0, 0.1) is 5.41 Å². The number of nitrogens with one attached hydrogen (secondary N) is 1. The van der Waals surface area contributed by atoms with E-state index in [2.05, 4.69) is 4.98 Å². The fraction of sp³-hybridized carbons (Fsp3) is 0.375. The maximum Gasteiger partial charge on any atom is 0.341 e. The molecule has 0 bridgehead atoms. The molecule has 3 N–H and O–H groups in total. The fourth-order valence-electron chi connectivity index (χ4n) is 3.69. The molecule has 1 aromatic carbocycles. The van der Waals surface area contributed by atoms with Gasteiger partial charge < -0.3 is 19.8 Å². The lowest BCUT2D eigenvalue weighted by molar-refractivity contribution is -0.139. The number of benzene rings is 1. The van der Waals surface area contributed by atoms with Gasteiger partial charge in [0, 0.05) is 28.9 Å². The largest absolute Gasteiger partial charge is 0.481 e. The van der Waals surface area contributed by atoms with Crippen LogP contribution in [-0.4, -0.2) is 56.8 Å². The van der Waals surface area contributed by atoms with E-state index in [0.29, 0.717) is 17.8 Å². The molecular formula is C24H27N3O6. The van der Waals surface area contributed by atoms with Crippen LogP contribution in [0.25, 0.3) is 0 Å². The molecule has 9 nitrogen and oxygen atoms in total. The lowest BCUT2D eigenvalue weighted by Crippen LogP contribution is -2.31. The summed E-state index contributed by atoms with van der Waals surface area (Å²) in [5, 5.41) is 27.1. The summed E-state index contributed by atoms with van der Waals surface area (Å²) in [6.45, 7) is 6.99. The number of carbonyl (C=O) groups excluding carboxylic acids is 1. The Morgan fingerprint density at radius 1 is 1.18 bits per heavy atom. The van der Waals surface area contributed by atoms with Gasteiger partial charge in [0.25, 0.3) is 0 Å². The van der Waals surface area contributed by atoms with E-state index in [-0.39, 0.29) is 35.0 Å². The van der Waals surface area contributed by atoms with E-state index in [1.54, 1.807) is 11.0 Å². The van der Waals surface area contributed by atoms with Crippen molar-refractivity contribution in [2.45, 2.75) is 46.1 Å². The highest BCUT2D eigenvalue weighted by Crippen LogP contribution is 2.36. The van der Waals surface area contributed by atoms with Crippen molar-refractivity contribution >= 4 is 23.6 Å². The second-order valence-corrected chi connectivity index (χ2v) is 8.93. The Morgan fingerprint density at radius 3 is 2.45 bits per heavy atom. The average Bonchev–Trinajstić information content (AvgIpc) is 3.05. The van der Waals surface area contributed by atoms with Gasteiger partial charge in [-0.2, -0.15) is 0 Å². The smallest absolute Gasteiger partial charge is 0.341 e.